The minimum atomic E-state index is -0.453. The van der Waals surface area contributed by atoms with Gasteiger partial charge < -0.3 is 9.64 Å². The number of para-hydroxylation sites is 1. The molecule has 0 aliphatic carbocycles. The standard InChI is InChI=1S/C16H17NO3S/c1-3-17(13-7-5-4-6-8-13)15(18)11-20-16(19)14-10-9-12(2)21-14/h4-10H,3,11H2,1-2H3. The number of esters is 1. The molecule has 4 nitrogen and oxygen atoms in total. The maximum atomic E-state index is 12.2. The van der Waals surface area contributed by atoms with E-state index in [1.165, 1.54) is 11.3 Å². The molecule has 0 aliphatic heterocycles. The molecule has 1 heterocycles. The molecule has 2 rings (SSSR count). The number of rotatable bonds is 5. The Morgan fingerprint density at radius 1 is 1.14 bits per heavy atom. The Bertz CT molecular complexity index is 621. The third kappa shape index (κ3) is 3.92. The van der Waals surface area contributed by atoms with E-state index in [1.54, 1.807) is 11.0 Å². The summed E-state index contributed by atoms with van der Waals surface area (Å²) in [7, 11) is 0. The lowest BCUT2D eigenvalue weighted by Crippen LogP contribution is -2.34. The number of benzene rings is 1. The minimum absolute atomic E-state index is 0.231. The summed E-state index contributed by atoms with van der Waals surface area (Å²) in [5.74, 6) is -0.684. The number of anilines is 1. The van der Waals surface area contributed by atoms with Gasteiger partial charge in [0.1, 0.15) is 4.88 Å². The number of ether oxygens (including phenoxy) is 1. The Kier molecular flexibility index (Phi) is 5.11. The van der Waals surface area contributed by atoms with Crippen LogP contribution in [0.25, 0.3) is 0 Å². The van der Waals surface area contributed by atoms with Gasteiger partial charge in [0.05, 0.1) is 0 Å². The Morgan fingerprint density at radius 3 is 2.43 bits per heavy atom. The Labute approximate surface area is 128 Å². The van der Waals surface area contributed by atoms with Gasteiger partial charge in [0.15, 0.2) is 6.61 Å². The first-order valence-electron chi connectivity index (χ1n) is 6.70. The van der Waals surface area contributed by atoms with E-state index in [4.69, 9.17) is 4.74 Å². The third-order valence-corrected chi connectivity index (χ3v) is 3.93. The van der Waals surface area contributed by atoms with Crippen LogP contribution >= 0.6 is 11.3 Å². The van der Waals surface area contributed by atoms with Crippen LogP contribution in [0, 0.1) is 6.92 Å². The first-order chi connectivity index (χ1) is 10.1. The van der Waals surface area contributed by atoms with Crippen molar-refractivity contribution in [3.05, 3.63) is 52.2 Å². The van der Waals surface area contributed by atoms with Crippen molar-refractivity contribution in [2.75, 3.05) is 18.1 Å². The van der Waals surface area contributed by atoms with Gasteiger partial charge in [0, 0.05) is 17.1 Å². The van der Waals surface area contributed by atoms with Crippen molar-refractivity contribution in [3.63, 3.8) is 0 Å². The van der Waals surface area contributed by atoms with E-state index in [0.29, 0.717) is 11.4 Å². The van der Waals surface area contributed by atoms with Gasteiger partial charge in [-0.05, 0) is 38.1 Å². The fourth-order valence-electron chi connectivity index (χ4n) is 1.93. The van der Waals surface area contributed by atoms with Gasteiger partial charge in [-0.15, -0.1) is 11.3 Å². The monoisotopic (exact) mass is 303 g/mol. The molecular formula is C16H17NO3S. The van der Waals surface area contributed by atoms with E-state index in [0.717, 1.165) is 10.6 Å². The average Bonchev–Trinajstić information content (AvgIpc) is 2.93. The van der Waals surface area contributed by atoms with Crippen molar-refractivity contribution < 1.29 is 14.3 Å². The highest BCUT2D eigenvalue weighted by Crippen LogP contribution is 2.17. The molecule has 0 saturated heterocycles. The molecule has 0 spiro atoms. The van der Waals surface area contributed by atoms with Crippen LogP contribution in [0.15, 0.2) is 42.5 Å². The SMILES string of the molecule is CCN(C(=O)COC(=O)c1ccc(C)s1)c1ccccc1. The number of hydrogen-bond acceptors (Lipinski definition) is 4. The predicted molar refractivity (Wildman–Crippen MR) is 83.8 cm³/mol. The zero-order valence-corrected chi connectivity index (χ0v) is 12.9. The largest absolute Gasteiger partial charge is 0.451 e. The van der Waals surface area contributed by atoms with Crippen LogP contribution in [0.2, 0.25) is 0 Å². The van der Waals surface area contributed by atoms with E-state index in [9.17, 15) is 9.59 Å². The molecule has 21 heavy (non-hydrogen) atoms. The molecule has 2 aromatic rings. The van der Waals surface area contributed by atoms with Crippen molar-refractivity contribution >= 4 is 28.9 Å². The van der Waals surface area contributed by atoms with E-state index < -0.39 is 5.97 Å². The third-order valence-electron chi connectivity index (χ3n) is 2.95. The fourth-order valence-corrected chi connectivity index (χ4v) is 2.69. The van der Waals surface area contributed by atoms with E-state index in [2.05, 4.69) is 0 Å². The lowest BCUT2D eigenvalue weighted by Gasteiger charge is -2.20. The molecule has 1 amide bonds. The molecule has 0 aliphatic rings. The van der Waals surface area contributed by atoms with Crippen molar-refractivity contribution in [1.82, 2.24) is 0 Å². The summed E-state index contributed by atoms with van der Waals surface area (Å²) in [5.41, 5.74) is 0.799. The molecular weight excluding hydrogens is 286 g/mol. The molecule has 5 heteroatoms. The summed E-state index contributed by atoms with van der Waals surface area (Å²) in [5, 5.41) is 0. The summed E-state index contributed by atoms with van der Waals surface area (Å²) in [6, 6.07) is 12.9. The first-order valence-corrected chi connectivity index (χ1v) is 7.52. The zero-order chi connectivity index (χ0) is 15.2. The Hall–Kier alpha value is -2.14. The normalized spacial score (nSPS) is 10.2. The van der Waals surface area contributed by atoms with E-state index in [1.807, 2.05) is 50.2 Å². The minimum Gasteiger partial charge on any atom is -0.451 e. The highest BCUT2D eigenvalue weighted by Gasteiger charge is 2.17. The fraction of sp³-hybridized carbons (Fsp3) is 0.250. The van der Waals surface area contributed by atoms with Gasteiger partial charge >= 0.3 is 5.97 Å². The quantitative estimate of drug-likeness (QED) is 0.796. The number of likely N-dealkylation sites (N-methyl/N-ethyl adjacent to an activating group) is 1. The number of hydrogen-bond donors (Lipinski definition) is 0. The van der Waals surface area contributed by atoms with Gasteiger partial charge in [-0.2, -0.15) is 0 Å². The van der Waals surface area contributed by atoms with Crippen molar-refractivity contribution in [1.29, 1.82) is 0 Å². The lowest BCUT2D eigenvalue weighted by atomic mass is 10.3. The molecule has 0 bridgehead atoms. The second-order valence-corrected chi connectivity index (χ2v) is 5.75. The van der Waals surface area contributed by atoms with E-state index in [-0.39, 0.29) is 12.5 Å². The van der Waals surface area contributed by atoms with Crippen molar-refractivity contribution in [2.24, 2.45) is 0 Å². The van der Waals surface area contributed by atoms with Gasteiger partial charge in [0.25, 0.3) is 5.91 Å². The molecule has 0 radical (unpaired) electrons. The number of carbonyl (C=O) groups excluding carboxylic acids is 2. The maximum absolute atomic E-state index is 12.2. The summed E-state index contributed by atoms with van der Waals surface area (Å²) in [4.78, 5) is 27.1. The highest BCUT2D eigenvalue weighted by molar-refractivity contribution is 7.13. The molecule has 1 aromatic heterocycles. The van der Waals surface area contributed by atoms with Crippen LogP contribution < -0.4 is 4.90 Å². The van der Waals surface area contributed by atoms with Gasteiger partial charge in [-0.3, -0.25) is 4.79 Å². The molecule has 0 saturated carbocycles. The second-order valence-electron chi connectivity index (χ2n) is 4.46. The first kappa shape index (κ1) is 15.3. The lowest BCUT2D eigenvalue weighted by molar-refractivity contribution is -0.121. The van der Waals surface area contributed by atoms with Gasteiger partial charge in [-0.1, -0.05) is 18.2 Å². The summed E-state index contributed by atoms with van der Waals surface area (Å²) >= 11 is 1.36. The predicted octanol–water partition coefficient (Wildman–Crippen LogP) is 3.27. The number of thiophene rings is 1. The van der Waals surface area contributed by atoms with Gasteiger partial charge in [0.2, 0.25) is 0 Å². The Balaban J connectivity index is 1.96. The van der Waals surface area contributed by atoms with Crippen LogP contribution in [0.3, 0.4) is 0 Å². The van der Waals surface area contributed by atoms with Crippen LogP contribution in [-0.4, -0.2) is 25.0 Å². The average molecular weight is 303 g/mol. The molecule has 0 N–H and O–H groups in total. The molecule has 1 aromatic carbocycles. The molecule has 0 unspecified atom stereocenters. The number of aryl methyl sites for hydroxylation is 1. The zero-order valence-electron chi connectivity index (χ0n) is 12.0. The van der Waals surface area contributed by atoms with Crippen LogP contribution in [0.4, 0.5) is 5.69 Å². The molecule has 110 valence electrons. The number of amides is 1. The summed E-state index contributed by atoms with van der Waals surface area (Å²) in [6.45, 7) is 4.08. The maximum Gasteiger partial charge on any atom is 0.348 e. The highest BCUT2D eigenvalue weighted by atomic mass is 32.1. The Morgan fingerprint density at radius 2 is 1.86 bits per heavy atom. The molecule has 0 fully saturated rings. The van der Waals surface area contributed by atoms with Crippen molar-refractivity contribution in [2.45, 2.75) is 13.8 Å². The van der Waals surface area contributed by atoms with Gasteiger partial charge in [-0.25, -0.2) is 4.79 Å². The second kappa shape index (κ2) is 7.04. The number of nitrogens with zero attached hydrogens (tertiary/aromatic N) is 1. The van der Waals surface area contributed by atoms with Crippen LogP contribution in [0.5, 0.6) is 0 Å². The summed E-state index contributed by atoms with van der Waals surface area (Å²) < 4.78 is 5.09. The van der Waals surface area contributed by atoms with Crippen molar-refractivity contribution in [3.8, 4) is 0 Å². The molecule has 0 atom stereocenters. The van der Waals surface area contributed by atoms with Crippen LogP contribution in [-0.2, 0) is 9.53 Å². The smallest absolute Gasteiger partial charge is 0.348 e. The summed E-state index contributed by atoms with van der Waals surface area (Å²) in [6.07, 6.45) is 0. The number of carbonyl (C=O) groups is 2. The van der Waals surface area contributed by atoms with E-state index >= 15 is 0 Å². The topological polar surface area (TPSA) is 46.6 Å². The van der Waals surface area contributed by atoms with Crippen LogP contribution in [0.1, 0.15) is 21.5 Å².